The van der Waals surface area contributed by atoms with Gasteiger partial charge >= 0.3 is 11.8 Å². The Kier molecular flexibility index (Phi) is 6.53. The van der Waals surface area contributed by atoms with E-state index in [9.17, 15) is 19.6 Å². The molecule has 39 heavy (non-hydrogen) atoms. The summed E-state index contributed by atoms with van der Waals surface area (Å²) >= 11 is 0. The van der Waals surface area contributed by atoms with Gasteiger partial charge in [-0.25, -0.2) is 9.59 Å². The van der Waals surface area contributed by atoms with Crippen LogP contribution in [-0.4, -0.2) is 33.7 Å². The number of benzene rings is 2. The number of aromatic nitrogens is 1. The zero-order chi connectivity index (χ0) is 28.0. The largest absolute Gasteiger partial charge is 0.444 e. The molecule has 2 amide bonds. The number of ether oxygens (including phenoxy) is 1. The van der Waals surface area contributed by atoms with Gasteiger partial charge in [0.05, 0.1) is 11.6 Å². The lowest BCUT2D eigenvalue weighted by Gasteiger charge is -2.36. The van der Waals surface area contributed by atoms with Crippen molar-refractivity contribution < 1.29 is 18.7 Å². The molecule has 3 aromatic rings. The second-order valence-corrected chi connectivity index (χ2v) is 11.8. The van der Waals surface area contributed by atoms with Gasteiger partial charge in [0.25, 0.3) is 0 Å². The molecule has 2 aromatic carbocycles. The molecule has 0 bridgehead atoms. The Labute approximate surface area is 227 Å². The molecule has 1 heterocycles. The highest BCUT2D eigenvalue weighted by molar-refractivity contribution is 5.92. The molecule has 2 aliphatic carbocycles. The molecule has 9 nitrogen and oxygen atoms in total. The molecule has 9 heteroatoms. The topological polar surface area (TPSA) is 126 Å². The highest BCUT2D eigenvalue weighted by Gasteiger charge is 2.66. The molecule has 5 rings (SSSR count). The first kappa shape index (κ1) is 26.5. The predicted octanol–water partition coefficient (Wildman–Crippen LogP) is 4.58. The van der Waals surface area contributed by atoms with Crippen molar-refractivity contribution in [3.8, 4) is 17.2 Å². The summed E-state index contributed by atoms with van der Waals surface area (Å²) in [6.45, 7) is 5.36. The van der Waals surface area contributed by atoms with Crippen LogP contribution in [0.25, 0.3) is 22.2 Å². The summed E-state index contributed by atoms with van der Waals surface area (Å²) in [6.07, 6.45) is 3.68. The SMILES string of the molecule is Cn1c(=O)oc2ccc(-c3ccc(C[C@@H](C#N)NC(=O)C4(NC(=O)OC(C)(C)C)CCCC45CC5)cc3)cc21. The maximum absolute atomic E-state index is 13.7. The van der Waals surface area contributed by atoms with E-state index in [-0.39, 0.29) is 11.3 Å². The monoisotopic (exact) mass is 530 g/mol. The first-order chi connectivity index (χ1) is 18.5. The first-order valence-electron chi connectivity index (χ1n) is 13.4. The number of amides is 2. The van der Waals surface area contributed by atoms with E-state index in [0.717, 1.165) is 42.4 Å². The zero-order valence-electron chi connectivity index (χ0n) is 22.8. The summed E-state index contributed by atoms with van der Waals surface area (Å²) in [7, 11) is 1.67. The number of nitrogens with zero attached hydrogens (tertiary/aromatic N) is 2. The van der Waals surface area contributed by atoms with E-state index in [4.69, 9.17) is 9.15 Å². The number of nitrogens with one attached hydrogen (secondary N) is 2. The summed E-state index contributed by atoms with van der Waals surface area (Å²) < 4.78 is 12.2. The van der Waals surface area contributed by atoms with E-state index in [0.29, 0.717) is 23.9 Å². The van der Waals surface area contributed by atoms with E-state index in [2.05, 4.69) is 16.7 Å². The number of fused-ring (bicyclic) bond motifs is 1. The molecule has 1 aromatic heterocycles. The lowest BCUT2D eigenvalue weighted by Crippen LogP contribution is -2.63. The molecule has 1 unspecified atom stereocenters. The molecule has 0 aliphatic heterocycles. The fourth-order valence-electron chi connectivity index (χ4n) is 5.87. The van der Waals surface area contributed by atoms with Crippen LogP contribution in [0, 0.1) is 16.7 Å². The molecule has 2 aliphatic rings. The second kappa shape index (κ2) is 9.60. The van der Waals surface area contributed by atoms with Gasteiger partial charge in [0.1, 0.15) is 17.2 Å². The van der Waals surface area contributed by atoms with Crippen LogP contribution in [0.2, 0.25) is 0 Å². The van der Waals surface area contributed by atoms with Crippen molar-refractivity contribution in [2.75, 3.05) is 0 Å². The van der Waals surface area contributed by atoms with Gasteiger partial charge in [-0.2, -0.15) is 5.26 Å². The number of alkyl carbamates (subject to hydrolysis) is 1. The number of oxazole rings is 1. The minimum Gasteiger partial charge on any atom is -0.444 e. The van der Waals surface area contributed by atoms with Crippen LogP contribution in [0.3, 0.4) is 0 Å². The standard InChI is InChI=1S/C30H34N4O5/c1-28(2,3)39-26(36)33-30(13-5-12-29(30)14-15-29)25(35)32-22(18-31)16-19-6-8-20(9-7-19)21-10-11-24-23(17-21)34(4)27(37)38-24/h6-11,17,22H,5,12-16H2,1-4H3,(H,32,35)(H,33,36)/t22-,30?/m0/s1. The van der Waals surface area contributed by atoms with Crippen LogP contribution in [0.5, 0.6) is 0 Å². The molecule has 2 atom stereocenters. The van der Waals surface area contributed by atoms with Crippen LogP contribution < -0.4 is 16.4 Å². The number of aryl methyl sites for hydroxylation is 1. The molecule has 0 saturated heterocycles. The number of hydrogen-bond donors (Lipinski definition) is 2. The summed E-state index contributed by atoms with van der Waals surface area (Å²) in [5.74, 6) is -0.721. The van der Waals surface area contributed by atoms with Gasteiger partial charge in [-0.05, 0) is 81.7 Å². The van der Waals surface area contributed by atoms with Crippen molar-refractivity contribution in [1.29, 1.82) is 5.26 Å². The first-order valence-corrected chi connectivity index (χ1v) is 13.4. The number of rotatable bonds is 6. The second-order valence-electron chi connectivity index (χ2n) is 11.8. The lowest BCUT2D eigenvalue weighted by atomic mass is 9.82. The smallest absolute Gasteiger partial charge is 0.419 e. The Balaban J connectivity index is 1.30. The molecular weight excluding hydrogens is 496 g/mol. The third-order valence-corrected chi connectivity index (χ3v) is 8.05. The van der Waals surface area contributed by atoms with Crippen molar-refractivity contribution in [3.05, 3.63) is 58.6 Å². The minimum absolute atomic E-state index is 0.269. The highest BCUT2D eigenvalue weighted by atomic mass is 16.6. The van der Waals surface area contributed by atoms with Crippen molar-refractivity contribution in [3.63, 3.8) is 0 Å². The van der Waals surface area contributed by atoms with E-state index in [1.807, 2.05) is 36.4 Å². The number of hydrogen-bond acceptors (Lipinski definition) is 6. The highest BCUT2D eigenvalue weighted by Crippen LogP contribution is 2.63. The van der Waals surface area contributed by atoms with Crippen molar-refractivity contribution >= 4 is 23.1 Å². The van der Waals surface area contributed by atoms with E-state index in [1.54, 1.807) is 33.9 Å². The van der Waals surface area contributed by atoms with Crippen molar-refractivity contribution in [2.24, 2.45) is 12.5 Å². The third-order valence-electron chi connectivity index (χ3n) is 8.05. The fourth-order valence-corrected chi connectivity index (χ4v) is 5.87. The Hall–Kier alpha value is -4.06. The van der Waals surface area contributed by atoms with Crippen LogP contribution in [-0.2, 0) is 23.0 Å². The van der Waals surface area contributed by atoms with E-state index >= 15 is 0 Å². The number of nitriles is 1. The summed E-state index contributed by atoms with van der Waals surface area (Å²) in [5, 5.41) is 15.7. The Morgan fingerprint density at radius 3 is 2.44 bits per heavy atom. The summed E-state index contributed by atoms with van der Waals surface area (Å²) in [6, 6.07) is 14.8. The Morgan fingerprint density at radius 1 is 1.10 bits per heavy atom. The Morgan fingerprint density at radius 2 is 1.79 bits per heavy atom. The molecule has 2 N–H and O–H groups in total. The van der Waals surface area contributed by atoms with Crippen LogP contribution in [0.15, 0.2) is 51.7 Å². The van der Waals surface area contributed by atoms with Gasteiger partial charge in [0.2, 0.25) is 5.91 Å². The van der Waals surface area contributed by atoms with Gasteiger partial charge in [0, 0.05) is 18.9 Å². The third kappa shape index (κ3) is 5.03. The quantitative estimate of drug-likeness (QED) is 0.481. The van der Waals surface area contributed by atoms with Gasteiger partial charge < -0.3 is 19.8 Å². The molecule has 204 valence electrons. The van der Waals surface area contributed by atoms with Crippen molar-refractivity contribution in [1.82, 2.24) is 15.2 Å². The van der Waals surface area contributed by atoms with Gasteiger partial charge in [-0.3, -0.25) is 9.36 Å². The van der Waals surface area contributed by atoms with Crippen LogP contribution in [0.1, 0.15) is 58.4 Å². The molecular formula is C30H34N4O5. The van der Waals surface area contributed by atoms with Gasteiger partial charge in [-0.1, -0.05) is 30.3 Å². The maximum Gasteiger partial charge on any atom is 0.419 e. The van der Waals surface area contributed by atoms with E-state index < -0.39 is 29.0 Å². The molecule has 2 saturated carbocycles. The summed E-state index contributed by atoms with van der Waals surface area (Å²) in [4.78, 5) is 38.2. The minimum atomic E-state index is -1.07. The molecule has 0 radical (unpaired) electrons. The Bertz CT molecular complexity index is 1520. The predicted molar refractivity (Wildman–Crippen MR) is 146 cm³/mol. The van der Waals surface area contributed by atoms with Gasteiger partial charge in [0.15, 0.2) is 5.58 Å². The van der Waals surface area contributed by atoms with Crippen molar-refractivity contribution in [2.45, 2.75) is 76.5 Å². The van der Waals surface area contributed by atoms with Crippen LogP contribution in [0.4, 0.5) is 4.79 Å². The van der Waals surface area contributed by atoms with Crippen LogP contribution >= 0.6 is 0 Å². The average molecular weight is 531 g/mol. The zero-order valence-corrected chi connectivity index (χ0v) is 22.8. The molecule has 2 fully saturated rings. The average Bonchev–Trinajstić information content (AvgIpc) is 3.51. The normalized spacial score (nSPS) is 20.4. The van der Waals surface area contributed by atoms with E-state index in [1.165, 1.54) is 4.57 Å². The number of carbonyl (C=O) groups is 2. The van der Waals surface area contributed by atoms with Gasteiger partial charge in [-0.15, -0.1) is 0 Å². The molecule has 1 spiro atoms. The summed E-state index contributed by atoms with van der Waals surface area (Å²) in [5.41, 5.74) is 2.00. The number of carbonyl (C=O) groups excluding carboxylic acids is 2. The fraction of sp³-hybridized carbons (Fsp3) is 0.467. The lowest BCUT2D eigenvalue weighted by molar-refractivity contribution is -0.130. The maximum atomic E-state index is 13.7.